The summed E-state index contributed by atoms with van der Waals surface area (Å²) < 4.78 is 4.05. The average molecular weight is 313 g/mol. The number of rotatable bonds is 8. The first-order valence-electron chi connectivity index (χ1n) is 6.96. The number of aromatic nitrogens is 1. The Morgan fingerprint density at radius 2 is 2.10 bits per heavy atom. The van der Waals surface area contributed by atoms with Crippen LogP contribution in [-0.4, -0.2) is 35.3 Å². The zero-order valence-electron chi connectivity index (χ0n) is 12.7. The lowest BCUT2D eigenvalue weighted by atomic mass is 10.2. The van der Waals surface area contributed by atoms with E-state index in [2.05, 4.69) is 16.6 Å². The highest BCUT2D eigenvalue weighted by Gasteiger charge is 2.24. The number of nitrogens with zero attached hydrogens (tertiary/aromatic N) is 2. The summed E-state index contributed by atoms with van der Waals surface area (Å²) in [6, 6.07) is -0.00937. The maximum absolute atomic E-state index is 12.3. The van der Waals surface area contributed by atoms with Gasteiger partial charge in [0.2, 0.25) is 5.91 Å². The van der Waals surface area contributed by atoms with E-state index in [9.17, 15) is 9.59 Å². The fraction of sp³-hybridized carbons (Fsp3) is 0.615. The molecule has 21 heavy (non-hydrogen) atoms. The second-order valence-electron chi connectivity index (χ2n) is 5.12. The zero-order valence-corrected chi connectivity index (χ0v) is 13.5. The highest BCUT2D eigenvalue weighted by atomic mass is 32.1. The fourth-order valence-electron chi connectivity index (χ4n) is 1.85. The molecule has 0 bridgehead atoms. The molecule has 0 fully saturated rings. The molecule has 0 aromatic carbocycles. The van der Waals surface area contributed by atoms with Crippen LogP contribution in [0.3, 0.4) is 0 Å². The molecule has 1 aromatic rings. The summed E-state index contributed by atoms with van der Waals surface area (Å²) in [5.74, 6) is -0.551. The molecule has 1 rings (SSSR count). The monoisotopic (exact) mass is 313 g/mol. The van der Waals surface area contributed by atoms with E-state index in [0.717, 1.165) is 24.4 Å². The van der Waals surface area contributed by atoms with Gasteiger partial charge < -0.3 is 21.7 Å². The lowest BCUT2D eigenvalue weighted by Crippen LogP contribution is -2.36. The molecule has 0 aliphatic heterocycles. The first-order valence-corrected chi connectivity index (χ1v) is 7.73. The van der Waals surface area contributed by atoms with E-state index >= 15 is 0 Å². The largest absolute Gasteiger partial charge is 0.382 e. The Kier molecular flexibility index (Phi) is 6.41. The Balaban J connectivity index is 3.07. The van der Waals surface area contributed by atoms with Crippen molar-refractivity contribution in [2.24, 2.45) is 5.73 Å². The summed E-state index contributed by atoms with van der Waals surface area (Å²) in [4.78, 5) is 25.3. The SMILES string of the molecule is CCCCN(CC(N)=O)c1snc(N)c1C(=O)NC(C)C. The van der Waals surface area contributed by atoms with Crippen LogP contribution >= 0.6 is 11.5 Å². The maximum Gasteiger partial charge on any atom is 0.258 e. The molecule has 0 unspecified atom stereocenters. The summed E-state index contributed by atoms with van der Waals surface area (Å²) >= 11 is 1.11. The van der Waals surface area contributed by atoms with Gasteiger partial charge in [0, 0.05) is 12.6 Å². The normalized spacial score (nSPS) is 10.7. The molecule has 7 nitrogen and oxygen atoms in total. The standard InChI is InChI=1S/C13H23N5O2S/c1-4-5-6-18(7-9(14)19)13-10(11(15)17-21-13)12(20)16-8(2)3/h8H,4-7H2,1-3H3,(H2,14,19)(H2,15,17)(H,16,20). The van der Waals surface area contributed by atoms with Crippen molar-refractivity contribution in [3.63, 3.8) is 0 Å². The van der Waals surface area contributed by atoms with Crippen LogP contribution in [0.25, 0.3) is 0 Å². The van der Waals surface area contributed by atoms with Gasteiger partial charge in [0.1, 0.15) is 10.6 Å². The molecule has 0 saturated heterocycles. The number of hydrogen-bond donors (Lipinski definition) is 3. The molecule has 0 spiro atoms. The number of anilines is 2. The topological polar surface area (TPSA) is 114 Å². The van der Waals surface area contributed by atoms with Gasteiger partial charge in [-0.25, -0.2) is 0 Å². The molecule has 118 valence electrons. The zero-order chi connectivity index (χ0) is 16.0. The number of carbonyl (C=O) groups is 2. The van der Waals surface area contributed by atoms with Crippen LogP contribution in [0.5, 0.6) is 0 Å². The van der Waals surface area contributed by atoms with Gasteiger partial charge in [-0.1, -0.05) is 13.3 Å². The van der Waals surface area contributed by atoms with Crippen LogP contribution < -0.4 is 21.7 Å². The smallest absolute Gasteiger partial charge is 0.258 e. The molecular weight excluding hydrogens is 290 g/mol. The van der Waals surface area contributed by atoms with Crippen molar-refractivity contribution in [1.82, 2.24) is 9.69 Å². The Labute approximate surface area is 128 Å². The molecule has 1 aromatic heterocycles. The van der Waals surface area contributed by atoms with E-state index < -0.39 is 5.91 Å². The van der Waals surface area contributed by atoms with Gasteiger partial charge in [-0.15, -0.1) is 0 Å². The van der Waals surface area contributed by atoms with Crippen molar-refractivity contribution in [3.05, 3.63) is 5.56 Å². The second kappa shape index (κ2) is 7.82. The summed E-state index contributed by atoms with van der Waals surface area (Å²) in [5, 5.41) is 3.39. The molecule has 0 atom stereocenters. The van der Waals surface area contributed by atoms with Crippen molar-refractivity contribution in [3.8, 4) is 0 Å². The molecule has 0 aliphatic rings. The van der Waals surface area contributed by atoms with Gasteiger partial charge in [0.05, 0.1) is 6.54 Å². The third-order valence-electron chi connectivity index (χ3n) is 2.76. The van der Waals surface area contributed by atoms with Crippen LogP contribution in [-0.2, 0) is 4.79 Å². The van der Waals surface area contributed by atoms with E-state index in [4.69, 9.17) is 11.5 Å². The summed E-state index contributed by atoms with van der Waals surface area (Å²) in [6.45, 7) is 6.46. The van der Waals surface area contributed by atoms with Crippen molar-refractivity contribution in [1.29, 1.82) is 0 Å². The minimum Gasteiger partial charge on any atom is -0.382 e. The maximum atomic E-state index is 12.3. The lowest BCUT2D eigenvalue weighted by Gasteiger charge is -2.22. The summed E-state index contributed by atoms with van der Waals surface area (Å²) in [6.07, 6.45) is 1.85. The molecule has 0 saturated carbocycles. The first kappa shape index (κ1) is 17.2. The van der Waals surface area contributed by atoms with E-state index in [0.29, 0.717) is 17.1 Å². The van der Waals surface area contributed by atoms with Crippen LogP contribution in [0.4, 0.5) is 10.8 Å². The molecule has 0 radical (unpaired) electrons. The Bertz CT molecular complexity index is 501. The van der Waals surface area contributed by atoms with E-state index in [1.165, 1.54) is 0 Å². The Hall–Kier alpha value is -1.83. The van der Waals surface area contributed by atoms with Crippen molar-refractivity contribution in [2.45, 2.75) is 39.7 Å². The number of hydrogen-bond acceptors (Lipinski definition) is 6. The average Bonchev–Trinajstić information content (AvgIpc) is 2.75. The molecule has 5 N–H and O–H groups in total. The molecule has 1 heterocycles. The van der Waals surface area contributed by atoms with Crippen LogP contribution in [0.15, 0.2) is 0 Å². The van der Waals surface area contributed by atoms with Gasteiger partial charge >= 0.3 is 0 Å². The van der Waals surface area contributed by atoms with Gasteiger partial charge in [-0.05, 0) is 31.8 Å². The predicted octanol–water partition coefficient (Wildman–Crippen LogP) is 0.955. The van der Waals surface area contributed by atoms with E-state index in [1.807, 2.05) is 13.8 Å². The third kappa shape index (κ3) is 4.89. The number of primary amides is 1. The fourth-order valence-corrected chi connectivity index (χ4v) is 2.68. The van der Waals surface area contributed by atoms with Gasteiger partial charge in [-0.3, -0.25) is 9.59 Å². The van der Waals surface area contributed by atoms with Crippen molar-refractivity contribution in [2.75, 3.05) is 23.7 Å². The number of nitrogens with two attached hydrogens (primary N) is 2. The minimum atomic E-state index is -0.451. The van der Waals surface area contributed by atoms with Crippen LogP contribution in [0.2, 0.25) is 0 Å². The predicted molar refractivity (Wildman–Crippen MR) is 85.4 cm³/mol. The van der Waals surface area contributed by atoms with Gasteiger partial charge in [0.25, 0.3) is 5.91 Å². The second-order valence-corrected chi connectivity index (χ2v) is 5.87. The number of carbonyl (C=O) groups excluding carboxylic acids is 2. The van der Waals surface area contributed by atoms with Crippen molar-refractivity contribution < 1.29 is 9.59 Å². The number of unbranched alkanes of at least 4 members (excludes halogenated alkanes) is 1. The highest BCUT2D eigenvalue weighted by molar-refractivity contribution is 7.11. The summed E-state index contributed by atoms with van der Waals surface area (Å²) in [7, 11) is 0. The lowest BCUT2D eigenvalue weighted by molar-refractivity contribution is -0.116. The molecule has 0 aliphatic carbocycles. The van der Waals surface area contributed by atoms with E-state index in [1.54, 1.807) is 4.90 Å². The van der Waals surface area contributed by atoms with Crippen LogP contribution in [0.1, 0.15) is 44.0 Å². The number of nitrogens with one attached hydrogen (secondary N) is 1. The number of nitrogen functional groups attached to an aromatic ring is 1. The van der Waals surface area contributed by atoms with Gasteiger partial charge in [0.15, 0.2) is 5.82 Å². The Morgan fingerprint density at radius 3 is 2.62 bits per heavy atom. The van der Waals surface area contributed by atoms with Gasteiger partial charge in [-0.2, -0.15) is 4.37 Å². The molecular formula is C13H23N5O2S. The third-order valence-corrected chi connectivity index (χ3v) is 3.69. The molecule has 8 heteroatoms. The van der Waals surface area contributed by atoms with Crippen LogP contribution in [0, 0.1) is 0 Å². The summed E-state index contributed by atoms with van der Waals surface area (Å²) in [5.41, 5.74) is 11.4. The minimum absolute atomic E-state index is 0.00937. The Morgan fingerprint density at radius 1 is 1.43 bits per heavy atom. The number of amides is 2. The highest BCUT2D eigenvalue weighted by Crippen LogP contribution is 2.30. The first-order chi connectivity index (χ1) is 9.86. The quantitative estimate of drug-likeness (QED) is 0.661. The molecule has 2 amide bonds. The van der Waals surface area contributed by atoms with Crippen molar-refractivity contribution >= 4 is 34.2 Å². The van der Waals surface area contributed by atoms with E-state index in [-0.39, 0.29) is 24.3 Å².